The second kappa shape index (κ2) is 6.61. The number of alkyl halides is 3. The number of aliphatic hydroxyl groups is 1. The second-order valence-corrected chi connectivity index (χ2v) is 5.31. The predicted octanol–water partition coefficient (Wildman–Crippen LogP) is 1.75. The van der Waals surface area contributed by atoms with Gasteiger partial charge in [0.25, 0.3) is 5.91 Å². The number of amides is 1. The van der Waals surface area contributed by atoms with E-state index in [1.54, 1.807) is 0 Å². The van der Waals surface area contributed by atoms with Crippen molar-refractivity contribution in [3.8, 4) is 0 Å². The molecule has 0 saturated carbocycles. The molecule has 0 bridgehead atoms. The van der Waals surface area contributed by atoms with Crippen LogP contribution in [0.15, 0.2) is 16.5 Å². The van der Waals surface area contributed by atoms with Crippen LogP contribution in [0.25, 0.3) is 0 Å². The van der Waals surface area contributed by atoms with Gasteiger partial charge in [-0.3, -0.25) is 9.59 Å². The van der Waals surface area contributed by atoms with Crippen molar-refractivity contribution in [3.05, 3.63) is 23.7 Å². The van der Waals surface area contributed by atoms with Crippen LogP contribution in [-0.2, 0) is 19.9 Å². The molecule has 1 aromatic rings. The number of hydrogen-bond donors (Lipinski definition) is 1. The third-order valence-electron chi connectivity index (χ3n) is 3.11. The standard InChI is InChI=1S/C14H18F3NO5/c1-8-5-6-10(22-8)13(21,14(15,16)17)7-11(19)23-9(2)12(20)18(3)4/h5-6,9,21H,7H2,1-4H3/t9-,13+/m0/s1. The maximum atomic E-state index is 13.2. The summed E-state index contributed by atoms with van der Waals surface area (Å²) in [4.78, 5) is 24.4. The van der Waals surface area contributed by atoms with Crippen LogP contribution in [0.3, 0.4) is 0 Å². The first-order valence-corrected chi connectivity index (χ1v) is 6.65. The molecule has 0 spiro atoms. The molecule has 0 unspecified atom stereocenters. The highest BCUT2D eigenvalue weighted by atomic mass is 19.4. The van der Waals surface area contributed by atoms with Crippen LogP contribution in [0, 0.1) is 6.92 Å². The number of carbonyl (C=O) groups excluding carboxylic acids is 2. The highest BCUT2D eigenvalue weighted by molar-refractivity contribution is 5.83. The molecule has 1 heterocycles. The van der Waals surface area contributed by atoms with Gasteiger partial charge in [0.1, 0.15) is 11.5 Å². The van der Waals surface area contributed by atoms with Gasteiger partial charge in [0.2, 0.25) is 5.60 Å². The van der Waals surface area contributed by atoms with Crippen molar-refractivity contribution < 1.29 is 37.0 Å². The summed E-state index contributed by atoms with van der Waals surface area (Å²) in [6.07, 6.45) is -7.85. The van der Waals surface area contributed by atoms with Gasteiger partial charge >= 0.3 is 12.1 Å². The number of ether oxygens (including phenoxy) is 1. The fourth-order valence-electron chi connectivity index (χ4n) is 1.85. The van der Waals surface area contributed by atoms with E-state index in [0.717, 1.165) is 11.0 Å². The number of hydrogen-bond acceptors (Lipinski definition) is 5. The molecule has 1 N–H and O–H groups in total. The fourth-order valence-corrected chi connectivity index (χ4v) is 1.85. The van der Waals surface area contributed by atoms with Crippen LogP contribution in [-0.4, -0.2) is 48.3 Å². The summed E-state index contributed by atoms with van der Waals surface area (Å²) >= 11 is 0. The Morgan fingerprint density at radius 3 is 2.30 bits per heavy atom. The number of furan rings is 1. The van der Waals surface area contributed by atoms with E-state index in [0.29, 0.717) is 0 Å². The number of nitrogens with zero attached hydrogens (tertiary/aromatic N) is 1. The molecule has 0 fully saturated rings. The first-order valence-electron chi connectivity index (χ1n) is 6.65. The molecular weight excluding hydrogens is 319 g/mol. The van der Waals surface area contributed by atoms with Crippen LogP contribution >= 0.6 is 0 Å². The minimum absolute atomic E-state index is 0.146. The zero-order chi connectivity index (χ0) is 18.0. The lowest BCUT2D eigenvalue weighted by molar-refractivity contribution is -0.275. The molecule has 0 aliphatic rings. The van der Waals surface area contributed by atoms with Crippen molar-refractivity contribution in [2.45, 2.75) is 38.1 Å². The van der Waals surface area contributed by atoms with Crippen molar-refractivity contribution in [2.75, 3.05) is 14.1 Å². The van der Waals surface area contributed by atoms with E-state index in [2.05, 4.69) is 4.74 Å². The normalized spacial score (nSPS) is 15.7. The van der Waals surface area contributed by atoms with Gasteiger partial charge in [0.05, 0.1) is 6.42 Å². The number of esters is 1. The number of aryl methyl sites for hydroxylation is 1. The Labute approximate surface area is 130 Å². The van der Waals surface area contributed by atoms with Crippen molar-refractivity contribution >= 4 is 11.9 Å². The molecule has 0 saturated heterocycles. The van der Waals surface area contributed by atoms with Crippen LogP contribution < -0.4 is 0 Å². The quantitative estimate of drug-likeness (QED) is 0.828. The molecular formula is C14H18F3NO5. The summed E-state index contributed by atoms with van der Waals surface area (Å²) in [5.74, 6) is -2.64. The van der Waals surface area contributed by atoms with E-state index >= 15 is 0 Å². The summed E-state index contributed by atoms with van der Waals surface area (Å²) in [5, 5.41) is 9.95. The molecule has 2 atom stereocenters. The van der Waals surface area contributed by atoms with Crippen molar-refractivity contribution in [2.24, 2.45) is 0 Å². The Kier molecular flexibility index (Phi) is 5.47. The van der Waals surface area contributed by atoms with Gasteiger partial charge in [-0.05, 0) is 26.0 Å². The monoisotopic (exact) mass is 337 g/mol. The zero-order valence-electron chi connectivity index (χ0n) is 13.1. The SMILES string of the molecule is Cc1ccc([C@](O)(CC(=O)O[C@@H](C)C(=O)N(C)C)C(F)(F)F)o1. The van der Waals surface area contributed by atoms with Crippen LogP contribution in [0.1, 0.15) is 24.9 Å². The van der Waals surface area contributed by atoms with Crippen molar-refractivity contribution in [1.82, 2.24) is 4.90 Å². The zero-order valence-corrected chi connectivity index (χ0v) is 13.1. The van der Waals surface area contributed by atoms with Crippen molar-refractivity contribution in [3.63, 3.8) is 0 Å². The van der Waals surface area contributed by atoms with Gasteiger partial charge in [-0.25, -0.2) is 0 Å². The summed E-state index contributed by atoms with van der Waals surface area (Å²) in [5.41, 5.74) is -3.53. The predicted molar refractivity (Wildman–Crippen MR) is 72.3 cm³/mol. The Morgan fingerprint density at radius 2 is 1.91 bits per heavy atom. The van der Waals surface area contributed by atoms with E-state index in [9.17, 15) is 27.9 Å². The third kappa shape index (κ3) is 4.25. The van der Waals surface area contributed by atoms with Gasteiger partial charge in [0, 0.05) is 14.1 Å². The van der Waals surface area contributed by atoms with E-state index in [1.807, 2.05) is 0 Å². The van der Waals surface area contributed by atoms with Gasteiger partial charge in [-0.2, -0.15) is 13.2 Å². The van der Waals surface area contributed by atoms with Gasteiger partial charge < -0.3 is 19.2 Å². The molecule has 6 nitrogen and oxygen atoms in total. The first-order chi connectivity index (χ1) is 10.4. The summed E-state index contributed by atoms with van der Waals surface area (Å²) in [6, 6.07) is 2.17. The summed E-state index contributed by atoms with van der Waals surface area (Å²) < 4.78 is 49.0. The maximum Gasteiger partial charge on any atom is 0.425 e. The Bertz CT molecular complexity index is 581. The van der Waals surface area contributed by atoms with Crippen LogP contribution in [0.2, 0.25) is 0 Å². The lowest BCUT2D eigenvalue weighted by atomic mass is 9.96. The smallest absolute Gasteiger partial charge is 0.425 e. The van der Waals surface area contributed by atoms with E-state index in [-0.39, 0.29) is 5.76 Å². The number of likely N-dealkylation sites (N-methyl/N-ethyl adjacent to an activating group) is 1. The number of rotatable bonds is 5. The Balaban J connectivity index is 2.95. The molecule has 1 rings (SSSR count). The fraction of sp³-hybridized carbons (Fsp3) is 0.571. The topological polar surface area (TPSA) is 80.0 Å². The third-order valence-corrected chi connectivity index (χ3v) is 3.11. The van der Waals surface area contributed by atoms with Gasteiger partial charge in [-0.15, -0.1) is 0 Å². The average molecular weight is 337 g/mol. The molecule has 0 aliphatic carbocycles. The number of carbonyl (C=O) groups is 2. The van der Waals surface area contributed by atoms with E-state index < -0.39 is 41.9 Å². The van der Waals surface area contributed by atoms with Gasteiger partial charge in [-0.1, -0.05) is 0 Å². The lowest BCUT2D eigenvalue weighted by Crippen LogP contribution is -2.45. The molecule has 0 aromatic carbocycles. The van der Waals surface area contributed by atoms with Crippen molar-refractivity contribution in [1.29, 1.82) is 0 Å². The summed E-state index contributed by atoms with van der Waals surface area (Å²) in [7, 11) is 2.81. The molecule has 23 heavy (non-hydrogen) atoms. The molecule has 130 valence electrons. The van der Waals surface area contributed by atoms with E-state index in [4.69, 9.17) is 4.42 Å². The highest BCUT2D eigenvalue weighted by Crippen LogP contribution is 2.42. The average Bonchev–Trinajstić information content (AvgIpc) is 2.83. The summed E-state index contributed by atoms with van der Waals surface area (Å²) in [6.45, 7) is 2.63. The maximum absolute atomic E-state index is 13.2. The first kappa shape index (κ1) is 19.0. The minimum Gasteiger partial charge on any atom is -0.463 e. The molecule has 9 heteroatoms. The highest BCUT2D eigenvalue weighted by Gasteiger charge is 2.58. The Hall–Kier alpha value is -2.03. The molecule has 0 aliphatic heterocycles. The number of halogens is 3. The minimum atomic E-state index is -5.16. The largest absolute Gasteiger partial charge is 0.463 e. The lowest BCUT2D eigenvalue weighted by Gasteiger charge is -2.28. The van der Waals surface area contributed by atoms with Crippen LogP contribution in [0.5, 0.6) is 0 Å². The van der Waals surface area contributed by atoms with Crippen LogP contribution in [0.4, 0.5) is 13.2 Å². The van der Waals surface area contributed by atoms with E-state index in [1.165, 1.54) is 34.0 Å². The Morgan fingerprint density at radius 1 is 1.35 bits per heavy atom. The molecule has 0 radical (unpaired) electrons. The second-order valence-electron chi connectivity index (χ2n) is 5.31. The van der Waals surface area contributed by atoms with Gasteiger partial charge in [0.15, 0.2) is 6.10 Å². The molecule has 1 aromatic heterocycles. The molecule has 1 amide bonds.